The number of allylic oxidation sites excluding steroid dienone is 1. The molecule has 162 valence electrons. The van der Waals surface area contributed by atoms with E-state index in [0.717, 1.165) is 6.42 Å². The molecule has 2 aliphatic rings. The van der Waals surface area contributed by atoms with Crippen molar-refractivity contribution < 1.29 is 19.3 Å². The maximum atomic E-state index is 11.2. The highest BCUT2D eigenvalue weighted by Gasteiger charge is 2.53. The third-order valence-electron chi connectivity index (χ3n) is 7.22. The second kappa shape index (κ2) is 10.4. The van der Waals surface area contributed by atoms with Gasteiger partial charge in [-0.3, -0.25) is 0 Å². The second-order valence-corrected chi connectivity index (χ2v) is 9.77. The predicted molar refractivity (Wildman–Crippen MR) is 114 cm³/mol. The molecular weight excluding hydrogens is 352 g/mol. The molecule has 0 aromatic carbocycles. The Hall–Kier alpha value is -0.680. The monoisotopic (exact) mass is 394 g/mol. The molecule has 0 aliphatic heterocycles. The first-order valence-electron chi connectivity index (χ1n) is 10.9. The number of ether oxygens (including phenoxy) is 3. The number of aliphatic hydroxyl groups excluding tert-OH is 1. The van der Waals surface area contributed by atoms with Gasteiger partial charge in [-0.1, -0.05) is 50.5 Å². The molecule has 2 aliphatic carbocycles. The van der Waals surface area contributed by atoms with E-state index in [9.17, 15) is 5.11 Å². The van der Waals surface area contributed by atoms with Crippen LogP contribution in [0.5, 0.6) is 0 Å². The molecule has 0 aromatic rings. The maximum absolute atomic E-state index is 11.2. The van der Waals surface area contributed by atoms with Gasteiger partial charge in [0.05, 0.1) is 25.9 Å². The Kier molecular flexibility index (Phi) is 8.75. The fourth-order valence-corrected chi connectivity index (χ4v) is 5.86. The lowest BCUT2D eigenvalue weighted by Crippen LogP contribution is -2.51. The summed E-state index contributed by atoms with van der Waals surface area (Å²) in [4.78, 5) is 0. The van der Waals surface area contributed by atoms with Gasteiger partial charge < -0.3 is 19.3 Å². The molecule has 0 bridgehead atoms. The molecule has 1 saturated carbocycles. The van der Waals surface area contributed by atoms with Crippen LogP contribution in [-0.4, -0.2) is 44.9 Å². The molecule has 0 spiro atoms. The molecular formula is C24H42O4. The van der Waals surface area contributed by atoms with Crippen LogP contribution in [0.2, 0.25) is 0 Å². The van der Waals surface area contributed by atoms with Crippen molar-refractivity contribution in [1.29, 1.82) is 0 Å². The first kappa shape index (κ1) is 23.6. The Bertz CT molecular complexity index is 551. The van der Waals surface area contributed by atoms with Crippen LogP contribution in [0.25, 0.3) is 0 Å². The maximum Gasteiger partial charge on any atom is 0.147 e. The number of rotatable bonds is 10. The topological polar surface area (TPSA) is 47.9 Å². The second-order valence-electron chi connectivity index (χ2n) is 9.77. The zero-order chi connectivity index (χ0) is 20.8. The number of hydrogen-bond acceptors (Lipinski definition) is 4. The van der Waals surface area contributed by atoms with Gasteiger partial charge in [0, 0.05) is 13.0 Å². The lowest BCUT2D eigenvalue weighted by atomic mass is 9.48. The number of fused-ring (bicyclic) bond motifs is 1. The highest BCUT2D eigenvalue weighted by molar-refractivity contribution is 5.21. The molecule has 1 N–H and O–H groups in total. The summed E-state index contributed by atoms with van der Waals surface area (Å²) in [5.41, 5.74) is 3.09. The summed E-state index contributed by atoms with van der Waals surface area (Å²) in [6.45, 7) is 13.5. The van der Waals surface area contributed by atoms with Crippen molar-refractivity contribution in [2.75, 3.05) is 33.7 Å². The molecule has 0 saturated heterocycles. The van der Waals surface area contributed by atoms with Crippen LogP contribution in [0, 0.1) is 22.7 Å². The van der Waals surface area contributed by atoms with E-state index in [4.69, 9.17) is 14.2 Å². The largest absolute Gasteiger partial charge is 0.392 e. The fraction of sp³-hybridized carbons (Fsp3) is 0.833. The van der Waals surface area contributed by atoms with Crippen LogP contribution in [0.4, 0.5) is 0 Å². The Morgan fingerprint density at radius 1 is 1.25 bits per heavy atom. The quantitative estimate of drug-likeness (QED) is 0.317. The molecule has 4 heteroatoms. The molecule has 1 fully saturated rings. The van der Waals surface area contributed by atoms with Crippen LogP contribution < -0.4 is 0 Å². The molecule has 28 heavy (non-hydrogen) atoms. The van der Waals surface area contributed by atoms with E-state index in [-0.39, 0.29) is 24.2 Å². The summed E-state index contributed by atoms with van der Waals surface area (Å²) < 4.78 is 15.7. The molecule has 0 radical (unpaired) electrons. The van der Waals surface area contributed by atoms with Gasteiger partial charge in [-0.2, -0.15) is 0 Å². The summed E-state index contributed by atoms with van der Waals surface area (Å²) in [6, 6.07) is 0. The van der Waals surface area contributed by atoms with E-state index in [2.05, 4.69) is 46.8 Å². The lowest BCUT2D eigenvalue weighted by Gasteiger charge is -2.57. The summed E-state index contributed by atoms with van der Waals surface area (Å²) in [6.07, 6.45) is 9.76. The van der Waals surface area contributed by atoms with Crippen LogP contribution in [0.1, 0.15) is 66.7 Å². The van der Waals surface area contributed by atoms with Gasteiger partial charge in [0.2, 0.25) is 0 Å². The molecule has 2 rings (SSSR count). The number of methoxy groups -OCH3 is 1. The summed E-state index contributed by atoms with van der Waals surface area (Å²) in [5.74, 6) is 0.890. The fourth-order valence-electron chi connectivity index (χ4n) is 5.86. The van der Waals surface area contributed by atoms with Crippen molar-refractivity contribution in [3.8, 4) is 0 Å². The minimum Gasteiger partial charge on any atom is -0.392 e. The molecule has 0 unspecified atom stereocenters. The molecule has 0 amide bonds. The normalized spacial score (nSPS) is 31.2. The van der Waals surface area contributed by atoms with Gasteiger partial charge in [-0.25, -0.2) is 0 Å². The third-order valence-corrected chi connectivity index (χ3v) is 7.22. The standard InChI is InChI=1S/C24H42O4/c1-18(10-13-27-17-28-15-14-26-6)16-20(25)22-19(2)8-9-21-23(3,4)11-7-12-24(21,22)5/h8,10,20-22,25H,7,9,11-17H2,1-6H3/b18-10-/t20-,21-,22+,24-/m0/s1. The van der Waals surface area contributed by atoms with Gasteiger partial charge in [-0.15, -0.1) is 0 Å². The summed E-state index contributed by atoms with van der Waals surface area (Å²) in [7, 11) is 1.65. The van der Waals surface area contributed by atoms with E-state index in [1.165, 1.54) is 30.4 Å². The van der Waals surface area contributed by atoms with E-state index in [1.807, 2.05) is 0 Å². The van der Waals surface area contributed by atoms with E-state index < -0.39 is 0 Å². The Balaban J connectivity index is 1.94. The lowest BCUT2D eigenvalue weighted by molar-refractivity contribution is -0.0747. The van der Waals surface area contributed by atoms with Crippen molar-refractivity contribution in [2.45, 2.75) is 72.8 Å². The van der Waals surface area contributed by atoms with Crippen LogP contribution in [0.3, 0.4) is 0 Å². The van der Waals surface area contributed by atoms with Gasteiger partial charge in [0.15, 0.2) is 0 Å². The van der Waals surface area contributed by atoms with Crippen molar-refractivity contribution >= 4 is 0 Å². The minimum atomic E-state index is -0.341. The zero-order valence-corrected chi connectivity index (χ0v) is 18.9. The van der Waals surface area contributed by atoms with E-state index >= 15 is 0 Å². The Morgan fingerprint density at radius 3 is 2.71 bits per heavy atom. The highest BCUT2D eigenvalue weighted by Crippen LogP contribution is 2.60. The highest BCUT2D eigenvalue weighted by atomic mass is 16.7. The minimum absolute atomic E-state index is 0.186. The zero-order valence-electron chi connectivity index (χ0n) is 18.9. The Morgan fingerprint density at radius 2 is 2.00 bits per heavy atom. The number of aliphatic hydroxyl groups is 1. The molecule has 0 aromatic heterocycles. The van der Waals surface area contributed by atoms with Crippen LogP contribution in [0.15, 0.2) is 23.3 Å². The van der Waals surface area contributed by atoms with Gasteiger partial charge in [-0.05, 0) is 56.3 Å². The SMILES string of the molecule is COCCOCOC/C=C(/C)C[C@H](O)[C@H]1C(C)=CC[C@H]2C(C)(C)CCC[C@]12C. The van der Waals surface area contributed by atoms with Gasteiger partial charge in [0.1, 0.15) is 6.79 Å². The summed E-state index contributed by atoms with van der Waals surface area (Å²) in [5, 5.41) is 11.2. The van der Waals surface area contributed by atoms with Crippen molar-refractivity contribution in [3.63, 3.8) is 0 Å². The van der Waals surface area contributed by atoms with Crippen molar-refractivity contribution in [3.05, 3.63) is 23.3 Å². The first-order chi connectivity index (χ1) is 13.2. The third kappa shape index (κ3) is 5.69. The first-order valence-corrected chi connectivity index (χ1v) is 10.9. The molecule has 4 atom stereocenters. The molecule has 0 heterocycles. The van der Waals surface area contributed by atoms with Crippen LogP contribution in [-0.2, 0) is 14.2 Å². The van der Waals surface area contributed by atoms with Crippen molar-refractivity contribution in [1.82, 2.24) is 0 Å². The summed E-state index contributed by atoms with van der Waals surface area (Å²) >= 11 is 0. The molecule has 4 nitrogen and oxygen atoms in total. The van der Waals surface area contributed by atoms with Gasteiger partial charge >= 0.3 is 0 Å². The van der Waals surface area contributed by atoms with Crippen LogP contribution >= 0.6 is 0 Å². The van der Waals surface area contributed by atoms with Crippen molar-refractivity contribution in [2.24, 2.45) is 22.7 Å². The van der Waals surface area contributed by atoms with Gasteiger partial charge in [0.25, 0.3) is 0 Å². The predicted octanol–water partition coefficient (Wildman–Crippen LogP) is 5.12. The Labute approximate surface area is 172 Å². The number of hydrogen-bond donors (Lipinski definition) is 1. The smallest absolute Gasteiger partial charge is 0.147 e. The van der Waals surface area contributed by atoms with E-state index in [1.54, 1.807) is 7.11 Å². The average molecular weight is 395 g/mol. The van der Waals surface area contributed by atoms with E-state index in [0.29, 0.717) is 37.6 Å². The average Bonchev–Trinajstić information content (AvgIpc) is 2.59.